The van der Waals surface area contributed by atoms with E-state index in [1.165, 1.54) is 0 Å². The van der Waals surface area contributed by atoms with Crippen molar-refractivity contribution in [2.24, 2.45) is 0 Å². The first-order valence-electron chi connectivity index (χ1n) is 7.53. The van der Waals surface area contributed by atoms with E-state index in [-0.39, 0.29) is 0 Å². The molecule has 0 fully saturated rings. The van der Waals surface area contributed by atoms with E-state index in [2.05, 4.69) is 0 Å². The quantitative estimate of drug-likeness (QED) is 0.844. The van der Waals surface area contributed by atoms with Crippen molar-refractivity contribution < 1.29 is 24.1 Å². The molecule has 2 rings (SSSR count). The Kier molecular flexibility index (Phi) is 5.34. The van der Waals surface area contributed by atoms with Crippen LogP contribution >= 0.6 is 0 Å². The highest BCUT2D eigenvalue weighted by molar-refractivity contribution is 5.81. The average molecular weight is 330 g/mol. The molecule has 0 radical (unpaired) electrons. The largest absolute Gasteiger partial charge is 0.497 e. The van der Waals surface area contributed by atoms with E-state index in [0.717, 1.165) is 5.56 Å². The Morgan fingerprint density at radius 3 is 2.08 bits per heavy atom. The molecule has 2 aromatic carbocycles. The maximum Gasteiger partial charge on any atom is 0.314 e. The number of carboxylic acids is 1. The highest BCUT2D eigenvalue weighted by Gasteiger charge is 2.35. The molecule has 2 aromatic rings. The van der Waals surface area contributed by atoms with Crippen molar-refractivity contribution in [1.82, 2.24) is 0 Å². The van der Waals surface area contributed by atoms with Gasteiger partial charge in [0.05, 0.1) is 26.7 Å². The topological polar surface area (TPSA) is 65.0 Å². The van der Waals surface area contributed by atoms with Gasteiger partial charge in [-0.2, -0.15) is 0 Å². The van der Waals surface area contributed by atoms with Crippen LogP contribution in [0, 0.1) is 0 Å². The van der Waals surface area contributed by atoms with Crippen LogP contribution in [0.2, 0.25) is 0 Å². The van der Waals surface area contributed by atoms with E-state index in [1.54, 1.807) is 58.6 Å². The Morgan fingerprint density at radius 2 is 1.58 bits per heavy atom. The molecule has 0 amide bonds. The first-order chi connectivity index (χ1) is 11.4. The number of rotatable bonds is 7. The highest BCUT2D eigenvalue weighted by atomic mass is 16.5. The third-order valence-electron chi connectivity index (χ3n) is 4.20. The first-order valence-corrected chi connectivity index (χ1v) is 7.53. The lowest BCUT2D eigenvalue weighted by Gasteiger charge is -2.26. The summed E-state index contributed by atoms with van der Waals surface area (Å²) in [5.74, 6) is 1.00. The fraction of sp³-hybridized carbons (Fsp3) is 0.316. The smallest absolute Gasteiger partial charge is 0.314 e. The van der Waals surface area contributed by atoms with Crippen LogP contribution in [-0.2, 0) is 16.6 Å². The second-order valence-electron chi connectivity index (χ2n) is 5.73. The molecule has 1 unspecified atom stereocenters. The van der Waals surface area contributed by atoms with Crippen LogP contribution in [0.5, 0.6) is 17.2 Å². The van der Waals surface area contributed by atoms with Gasteiger partial charge in [0.1, 0.15) is 5.75 Å². The van der Waals surface area contributed by atoms with Crippen LogP contribution < -0.4 is 14.2 Å². The lowest BCUT2D eigenvalue weighted by atomic mass is 9.77. The van der Waals surface area contributed by atoms with Gasteiger partial charge in [-0.1, -0.05) is 18.2 Å². The number of aliphatic carboxylic acids is 1. The zero-order valence-corrected chi connectivity index (χ0v) is 14.3. The third-order valence-corrected chi connectivity index (χ3v) is 4.20. The van der Waals surface area contributed by atoms with E-state index in [4.69, 9.17) is 14.2 Å². The molecule has 5 heteroatoms. The molecule has 0 saturated carbocycles. The predicted octanol–water partition coefficient (Wildman–Crippen LogP) is 3.30. The van der Waals surface area contributed by atoms with Crippen molar-refractivity contribution in [3.05, 3.63) is 53.6 Å². The van der Waals surface area contributed by atoms with Crippen LogP contribution in [0.3, 0.4) is 0 Å². The molecule has 1 N–H and O–H groups in total. The fourth-order valence-electron chi connectivity index (χ4n) is 2.66. The molecule has 0 aliphatic heterocycles. The minimum absolute atomic E-state index is 0.328. The van der Waals surface area contributed by atoms with Crippen LogP contribution in [0.1, 0.15) is 18.1 Å². The second kappa shape index (κ2) is 7.25. The molecular formula is C19H22O5. The Hall–Kier alpha value is -2.69. The number of ether oxygens (including phenoxy) is 3. The maximum atomic E-state index is 12.0. The zero-order valence-electron chi connectivity index (χ0n) is 14.3. The second-order valence-corrected chi connectivity index (χ2v) is 5.73. The molecule has 24 heavy (non-hydrogen) atoms. The Balaban J connectivity index is 2.38. The lowest BCUT2D eigenvalue weighted by molar-refractivity contribution is -0.143. The van der Waals surface area contributed by atoms with Crippen molar-refractivity contribution in [3.63, 3.8) is 0 Å². The minimum atomic E-state index is -1.06. The van der Waals surface area contributed by atoms with E-state index < -0.39 is 11.4 Å². The molecule has 0 bridgehead atoms. The maximum absolute atomic E-state index is 12.0. The Bertz CT molecular complexity index is 708. The predicted molar refractivity (Wildman–Crippen MR) is 91.2 cm³/mol. The van der Waals surface area contributed by atoms with Gasteiger partial charge in [-0.3, -0.25) is 4.79 Å². The fourth-order valence-corrected chi connectivity index (χ4v) is 2.66. The average Bonchev–Trinajstić information content (AvgIpc) is 2.61. The van der Waals surface area contributed by atoms with Gasteiger partial charge < -0.3 is 19.3 Å². The SMILES string of the molecule is COc1ccc(C(C)(Cc2ccc(OC)c(OC)c2)C(=O)O)cc1. The third kappa shape index (κ3) is 3.45. The van der Waals surface area contributed by atoms with Gasteiger partial charge in [0.2, 0.25) is 0 Å². The molecule has 0 spiro atoms. The van der Waals surface area contributed by atoms with Crippen molar-refractivity contribution in [1.29, 1.82) is 0 Å². The van der Waals surface area contributed by atoms with Gasteiger partial charge in [-0.15, -0.1) is 0 Å². The van der Waals surface area contributed by atoms with Crippen molar-refractivity contribution >= 4 is 5.97 Å². The molecule has 5 nitrogen and oxygen atoms in total. The van der Waals surface area contributed by atoms with Crippen LogP contribution in [0.25, 0.3) is 0 Å². The van der Waals surface area contributed by atoms with Gasteiger partial charge in [0, 0.05) is 0 Å². The van der Waals surface area contributed by atoms with Gasteiger partial charge in [0.15, 0.2) is 11.5 Å². The Morgan fingerprint density at radius 1 is 0.958 bits per heavy atom. The normalized spacial score (nSPS) is 13.0. The number of methoxy groups -OCH3 is 3. The summed E-state index contributed by atoms with van der Waals surface area (Å²) >= 11 is 0. The number of hydrogen-bond donors (Lipinski definition) is 1. The summed E-state index contributed by atoms with van der Waals surface area (Å²) in [7, 11) is 4.70. The number of hydrogen-bond acceptors (Lipinski definition) is 4. The summed E-state index contributed by atoms with van der Waals surface area (Å²) in [6, 6.07) is 12.6. The molecule has 1 atom stereocenters. The van der Waals surface area contributed by atoms with Crippen LogP contribution in [-0.4, -0.2) is 32.4 Å². The molecule has 0 heterocycles. The molecule has 128 valence electrons. The summed E-state index contributed by atoms with van der Waals surface area (Å²) < 4.78 is 15.7. The Labute approximate surface area is 141 Å². The van der Waals surface area contributed by atoms with E-state index >= 15 is 0 Å². The summed E-state index contributed by atoms with van der Waals surface area (Å²) in [6.45, 7) is 1.72. The van der Waals surface area contributed by atoms with Gasteiger partial charge in [0.25, 0.3) is 0 Å². The highest BCUT2D eigenvalue weighted by Crippen LogP contribution is 2.33. The molecular weight excluding hydrogens is 308 g/mol. The first kappa shape index (κ1) is 17.7. The van der Waals surface area contributed by atoms with Crippen molar-refractivity contribution in [2.45, 2.75) is 18.8 Å². The van der Waals surface area contributed by atoms with Crippen molar-refractivity contribution in [2.75, 3.05) is 21.3 Å². The van der Waals surface area contributed by atoms with Crippen LogP contribution in [0.15, 0.2) is 42.5 Å². The van der Waals surface area contributed by atoms with E-state index in [0.29, 0.717) is 29.2 Å². The summed E-state index contributed by atoms with van der Waals surface area (Å²) in [5, 5.41) is 9.81. The zero-order chi connectivity index (χ0) is 17.7. The van der Waals surface area contributed by atoms with E-state index in [1.807, 2.05) is 12.1 Å². The standard InChI is InChI=1S/C19H22O5/c1-19(18(20)21,14-6-8-15(22-2)9-7-14)12-13-5-10-16(23-3)17(11-13)24-4/h5-11H,12H2,1-4H3,(H,20,21). The number of carbonyl (C=O) groups is 1. The van der Waals surface area contributed by atoms with Crippen molar-refractivity contribution in [3.8, 4) is 17.2 Å². The molecule has 0 saturated heterocycles. The molecule has 0 aromatic heterocycles. The van der Waals surface area contributed by atoms with Gasteiger partial charge in [-0.25, -0.2) is 0 Å². The summed E-state index contributed by atoms with van der Waals surface area (Å²) in [6.07, 6.45) is 0.328. The van der Waals surface area contributed by atoms with Gasteiger partial charge in [-0.05, 0) is 48.7 Å². The number of benzene rings is 2. The summed E-state index contributed by atoms with van der Waals surface area (Å²) in [4.78, 5) is 12.0. The van der Waals surface area contributed by atoms with Gasteiger partial charge >= 0.3 is 5.97 Å². The molecule has 0 aliphatic rings. The summed E-state index contributed by atoms with van der Waals surface area (Å²) in [5.41, 5.74) is 0.505. The van der Waals surface area contributed by atoms with Crippen LogP contribution in [0.4, 0.5) is 0 Å². The monoisotopic (exact) mass is 330 g/mol. The lowest BCUT2D eigenvalue weighted by Crippen LogP contribution is -2.34. The number of carboxylic acid groups (broad SMARTS) is 1. The molecule has 0 aliphatic carbocycles. The minimum Gasteiger partial charge on any atom is -0.497 e. The van der Waals surface area contributed by atoms with E-state index in [9.17, 15) is 9.90 Å².